The standard InChI is InChI=1S/C23H36O6/c1-15(2)8-7-9-16(3)22-17(4)10-11-20(28-18(5)24)23(6,27)13-12-19(25)14-21(26)29-22/h7-11,15,17,19-20,22,25,27H,12-14H2,1-6H3/b8-7+,11-10+,16-9+. The van der Waals surface area contributed by atoms with Gasteiger partial charge in [-0.25, -0.2) is 0 Å². The number of hydrogen-bond acceptors (Lipinski definition) is 6. The van der Waals surface area contributed by atoms with Crippen molar-refractivity contribution < 1.29 is 29.3 Å². The quantitative estimate of drug-likeness (QED) is 0.420. The van der Waals surface area contributed by atoms with Crippen molar-refractivity contribution in [1.29, 1.82) is 0 Å². The second-order valence-electron chi connectivity index (χ2n) is 8.48. The molecular weight excluding hydrogens is 372 g/mol. The molecule has 0 aromatic carbocycles. The monoisotopic (exact) mass is 408 g/mol. The lowest BCUT2D eigenvalue weighted by Gasteiger charge is -2.32. The number of hydrogen-bond donors (Lipinski definition) is 2. The highest BCUT2D eigenvalue weighted by Crippen LogP contribution is 2.26. The Morgan fingerprint density at radius 2 is 2.00 bits per heavy atom. The van der Waals surface area contributed by atoms with E-state index in [2.05, 4.69) is 13.8 Å². The van der Waals surface area contributed by atoms with Crippen LogP contribution in [0.5, 0.6) is 0 Å². The molecule has 0 aromatic heterocycles. The van der Waals surface area contributed by atoms with E-state index in [1.807, 2.05) is 32.1 Å². The number of cyclic esters (lactones) is 1. The van der Waals surface area contributed by atoms with Gasteiger partial charge in [0.2, 0.25) is 0 Å². The fraction of sp³-hybridized carbons (Fsp3) is 0.652. The summed E-state index contributed by atoms with van der Waals surface area (Å²) in [5.41, 5.74) is -0.512. The minimum absolute atomic E-state index is 0.156. The Morgan fingerprint density at radius 1 is 1.34 bits per heavy atom. The second kappa shape index (κ2) is 11.3. The number of allylic oxidation sites excluding steroid dienone is 3. The van der Waals surface area contributed by atoms with Gasteiger partial charge in [0.15, 0.2) is 0 Å². The first kappa shape index (κ1) is 25.1. The van der Waals surface area contributed by atoms with Crippen LogP contribution in [0.25, 0.3) is 0 Å². The molecule has 1 rings (SSSR count). The van der Waals surface area contributed by atoms with Crippen molar-refractivity contribution in [2.24, 2.45) is 11.8 Å². The molecule has 6 heteroatoms. The van der Waals surface area contributed by atoms with Gasteiger partial charge in [0, 0.05) is 12.8 Å². The number of aliphatic hydroxyl groups is 2. The van der Waals surface area contributed by atoms with E-state index in [-0.39, 0.29) is 25.2 Å². The molecule has 1 aliphatic heterocycles. The van der Waals surface area contributed by atoms with Crippen LogP contribution in [-0.4, -0.2) is 46.1 Å². The third-order valence-corrected chi connectivity index (χ3v) is 4.92. The van der Waals surface area contributed by atoms with Gasteiger partial charge < -0.3 is 19.7 Å². The van der Waals surface area contributed by atoms with Gasteiger partial charge in [0.05, 0.1) is 12.5 Å². The summed E-state index contributed by atoms with van der Waals surface area (Å²) in [6, 6.07) is 0. The first-order valence-electron chi connectivity index (χ1n) is 10.2. The van der Waals surface area contributed by atoms with Crippen LogP contribution in [0, 0.1) is 11.8 Å². The highest BCUT2D eigenvalue weighted by Gasteiger charge is 2.34. The number of aliphatic hydroxyl groups excluding tert-OH is 1. The zero-order valence-electron chi connectivity index (χ0n) is 18.4. The molecule has 0 spiro atoms. The molecule has 0 amide bonds. The summed E-state index contributed by atoms with van der Waals surface area (Å²) < 4.78 is 11.0. The number of carbonyl (C=O) groups excluding carboxylic acids is 2. The van der Waals surface area contributed by atoms with Crippen molar-refractivity contribution in [2.45, 2.75) is 84.7 Å². The maximum absolute atomic E-state index is 12.3. The molecule has 0 saturated heterocycles. The number of rotatable bonds is 4. The van der Waals surface area contributed by atoms with Crippen LogP contribution >= 0.6 is 0 Å². The molecular formula is C23H36O6. The lowest BCUT2D eigenvalue weighted by atomic mass is 9.88. The van der Waals surface area contributed by atoms with Gasteiger partial charge in [-0.05, 0) is 44.3 Å². The molecule has 0 radical (unpaired) electrons. The molecule has 164 valence electrons. The summed E-state index contributed by atoms with van der Waals surface area (Å²) >= 11 is 0. The number of esters is 2. The number of ether oxygens (including phenoxy) is 2. The summed E-state index contributed by atoms with van der Waals surface area (Å²) in [5.74, 6) is -0.816. The van der Waals surface area contributed by atoms with Crippen LogP contribution < -0.4 is 0 Å². The van der Waals surface area contributed by atoms with E-state index >= 15 is 0 Å². The van der Waals surface area contributed by atoms with Crippen molar-refractivity contribution >= 4 is 11.9 Å². The maximum Gasteiger partial charge on any atom is 0.309 e. The SMILES string of the molecule is CC(=O)OC1/C=C/C(C)C(/C(C)=C/C=C/C(C)C)OC(=O)CC(O)CCC1(C)O. The zero-order chi connectivity index (χ0) is 22.2. The first-order valence-corrected chi connectivity index (χ1v) is 10.2. The van der Waals surface area contributed by atoms with Gasteiger partial charge in [-0.1, -0.05) is 45.1 Å². The van der Waals surface area contributed by atoms with Crippen LogP contribution in [0.3, 0.4) is 0 Å². The van der Waals surface area contributed by atoms with Gasteiger partial charge in [-0.3, -0.25) is 9.59 Å². The average molecular weight is 409 g/mol. The molecule has 6 nitrogen and oxygen atoms in total. The lowest BCUT2D eigenvalue weighted by molar-refractivity contribution is -0.157. The molecule has 0 fully saturated rings. The molecule has 1 heterocycles. The third-order valence-electron chi connectivity index (χ3n) is 4.92. The van der Waals surface area contributed by atoms with Crippen molar-refractivity contribution in [2.75, 3.05) is 0 Å². The van der Waals surface area contributed by atoms with Crippen molar-refractivity contribution in [1.82, 2.24) is 0 Å². The first-order chi connectivity index (χ1) is 13.4. The van der Waals surface area contributed by atoms with E-state index in [9.17, 15) is 19.8 Å². The Labute approximate surface area is 174 Å². The molecule has 0 saturated carbocycles. The van der Waals surface area contributed by atoms with Crippen molar-refractivity contribution in [3.8, 4) is 0 Å². The molecule has 0 bridgehead atoms. The van der Waals surface area contributed by atoms with Crippen LogP contribution in [0.15, 0.2) is 36.0 Å². The van der Waals surface area contributed by atoms with Crippen LogP contribution in [-0.2, 0) is 19.1 Å². The lowest BCUT2D eigenvalue weighted by Crippen LogP contribution is -2.42. The van der Waals surface area contributed by atoms with Crippen LogP contribution in [0.2, 0.25) is 0 Å². The van der Waals surface area contributed by atoms with Gasteiger partial charge in [-0.2, -0.15) is 0 Å². The average Bonchev–Trinajstić information content (AvgIpc) is 2.59. The molecule has 2 N–H and O–H groups in total. The second-order valence-corrected chi connectivity index (χ2v) is 8.48. The van der Waals surface area contributed by atoms with Gasteiger partial charge >= 0.3 is 11.9 Å². The molecule has 1 aliphatic rings. The summed E-state index contributed by atoms with van der Waals surface area (Å²) in [5, 5.41) is 21.0. The molecule has 5 unspecified atom stereocenters. The van der Waals surface area contributed by atoms with E-state index in [1.165, 1.54) is 6.92 Å². The Balaban J connectivity index is 3.24. The Morgan fingerprint density at radius 3 is 2.59 bits per heavy atom. The fourth-order valence-corrected chi connectivity index (χ4v) is 3.15. The van der Waals surface area contributed by atoms with Gasteiger partial charge in [0.1, 0.15) is 17.8 Å². The molecule has 0 aromatic rings. The predicted molar refractivity (Wildman–Crippen MR) is 112 cm³/mol. The van der Waals surface area contributed by atoms with Crippen molar-refractivity contribution in [3.63, 3.8) is 0 Å². The van der Waals surface area contributed by atoms with Gasteiger partial charge in [0.25, 0.3) is 0 Å². The zero-order valence-corrected chi connectivity index (χ0v) is 18.4. The van der Waals surface area contributed by atoms with E-state index in [0.29, 0.717) is 5.92 Å². The Kier molecular flexibility index (Phi) is 9.80. The Bertz CT molecular complexity index is 644. The molecule has 29 heavy (non-hydrogen) atoms. The predicted octanol–water partition coefficient (Wildman–Crippen LogP) is 3.48. The minimum Gasteiger partial charge on any atom is -0.457 e. The van der Waals surface area contributed by atoms with Crippen LogP contribution in [0.1, 0.15) is 60.8 Å². The maximum atomic E-state index is 12.3. The minimum atomic E-state index is -1.37. The largest absolute Gasteiger partial charge is 0.457 e. The Hall–Kier alpha value is -1.92. The summed E-state index contributed by atoms with van der Waals surface area (Å²) in [6.07, 6.45) is 7.15. The topological polar surface area (TPSA) is 93.1 Å². The fourth-order valence-electron chi connectivity index (χ4n) is 3.15. The van der Waals surface area contributed by atoms with E-state index in [0.717, 1.165) is 5.57 Å². The van der Waals surface area contributed by atoms with E-state index in [4.69, 9.17) is 9.47 Å². The van der Waals surface area contributed by atoms with Gasteiger partial charge in [-0.15, -0.1) is 0 Å². The highest BCUT2D eigenvalue weighted by atomic mass is 16.6. The smallest absolute Gasteiger partial charge is 0.309 e. The summed E-state index contributed by atoms with van der Waals surface area (Å²) in [6.45, 7) is 10.8. The van der Waals surface area contributed by atoms with Crippen molar-refractivity contribution in [3.05, 3.63) is 36.0 Å². The molecule has 0 aliphatic carbocycles. The summed E-state index contributed by atoms with van der Waals surface area (Å²) in [4.78, 5) is 23.8. The van der Waals surface area contributed by atoms with E-state index in [1.54, 1.807) is 19.1 Å². The highest BCUT2D eigenvalue weighted by molar-refractivity contribution is 5.70. The van der Waals surface area contributed by atoms with Crippen LogP contribution in [0.4, 0.5) is 0 Å². The summed E-state index contributed by atoms with van der Waals surface area (Å²) in [7, 11) is 0. The van der Waals surface area contributed by atoms with E-state index < -0.39 is 35.9 Å². The number of carbonyl (C=O) groups is 2. The third kappa shape index (κ3) is 8.96. The molecule has 5 atom stereocenters. The normalized spacial score (nSPS) is 33.7.